The number of rotatable bonds is 10. The van der Waals surface area contributed by atoms with Crippen molar-refractivity contribution >= 4 is 29.3 Å². The Bertz CT molecular complexity index is 698. The van der Waals surface area contributed by atoms with Gasteiger partial charge in [0.1, 0.15) is 5.75 Å². The van der Waals surface area contributed by atoms with Crippen LogP contribution in [0.15, 0.2) is 59.5 Å². The quantitative estimate of drug-likeness (QED) is 0.453. The van der Waals surface area contributed by atoms with Crippen LogP contribution in [-0.4, -0.2) is 40.5 Å². The monoisotopic (exact) mass is 393 g/mol. The van der Waals surface area contributed by atoms with Crippen LogP contribution in [0.3, 0.4) is 0 Å². The maximum Gasteiger partial charge on any atom is 0.317 e. The van der Waals surface area contributed by atoms with Gasteiger partial charge < -0.3 is 9.84 Å². The zero-order valence-corrected chi connectivity index (χ0v) is 16.5. The molecule has 0 unspecified atom stereocenters. The summed E-state index contributed by atoms with van der Waals surface area (Å²) in [4.78, 5) is 14.2. The van der Waals surface area contributed by atoms with Crippen molar-refractivity contribution in [1.82, 2.24) is 4.90 Å². The molecule has 0 amide bonds. The molecule has 0 aliphatic rings. The maximum atomic E-state index is 11.3. The summed E-state index contributed by atoms with van der Waals surface area (Å²) in [6, 6.07) is 17.2. The number of thioether (sulfide) groups is 1. The lowest BCUT2D eigenvalue weighted by Gasteiger charge is -2.34. The fourth-order valence-corrected chi connectivity index (χ4v) is 4.31. The highest BCUT2D eigenvalue weighted by molar-refractivity contribution is 7.99. The van der Waals surface area contributed by atoms with E-state index in [1.807, 2.05) is 66.4 Å². The standard InChI is InChI=1S/C20H24ClNO3S/c1-3-18(22(4-2)14-19(23)24)20(25-16-10-6-5-7-11-16)26-17-12-8-9-15(21)13-17/h5-13,18,20H,3-4,14H2,1-2H3,(H,23,24)/t18-,20-/m1/s1. The third kappa shape index (κ3) is 6.24. The van der Waals surface area contributed by atoms with Gasteiger partial charge in [0.25, 0.3) is 0 Å². The molecule has 0 aliphatic carbocycles. The Kier molecular flexibility index (Phi) is 8.29. The van der Waals surface area contributed by atoms with E-state index in [0.29, 0.717) is 11.6 Å². The summed E-state index contributed by atoms with van der Waals surface area (Å²) in [5, 5.41) is 9.92. The molecule has 4 nitrogen and oxygen atoms in total. The highest BCUT2D eigenvalue weighted by atomic mass is 35.5. The summed E-state index contributed by atoms with van der Waals surface area (Å²) in [6.07, 6.45) is 0.770. The predicted molar refractivity (Wildman–Crippen MR) is 107 cm³/mol. The molecule has 1 N–H and O–H groups in total. The molecule has 0 aromatic heterocycles. The van der Waals surface area contributed by atoms with Crippen molar-refractivity contribution in [1.29, 1.82) is 0 Å². The maximum absolute atomic E-state index is 11.3. The van der Waals surface area contributed by atoms with Gasteiger partial charge in [-0.05, 0) is 43.3 Å². The third-order valence-electron chi connectivity index (χ3n) is 3.99. The van der Waals surface area contributed by atoms with Crippen molar-refractivity contribution in [3.8, 4) is 5.75 Å². The third-order valence-corrected chi connectivity index (χ3v) is 5.39. The largest absolute Gasteiger partial charge is 0.480 e. The van der Waals surface area contributed by atoms with Crippen molar-refractivity contribution in [2.45, 2.75) is 36.6 Å². The predicted octanol–water partition coefficient (Wildman–Crippen LogP) is 5.02. The lowest BCUT2D eigenvalue weighted by molar-refractivity contribution is -0.139. The number of halogens is 1. The van der Waals surface area contributed by atoms with Gasteiger partial charge >= 0.3 is 5.97 Å². The zero-order chi connectivity index (χ0) is 18.9. The summed E-state index contributed by atoms with van der Waals surface area (Å²) >= 11 is 7.68. The highest BCUT2D eigenvalue weighted by Crippen LogP contribution is 2.32. The zero-order valence-electron chi connectivity index (χ0n) is 15.0. The minimum Gasteiger partial charge on any atom is -0.480 e. The van der Waals surface area contributed by atoms with Gasteiger partial charge in [-0.15, -0.1) is 0 Å². The van der Waals surface area contributed by atoms with Crippen LogP contribution in [0.2, 0.25) is 5.02 Å². The minimum absolute atomic E-state index is 0.0141. The molecule has 0 aliphatic heterocycles. The number of hydrogen-bond donors (Lipinski definition) is 1. The first kappa shape index (κ1) is 20.6. The van der Waals surface area contributed by atoms with Crippen LogP contribution < -0.4 is 4.74 Å². The summed E-state index contributed by atoms with van der Waals surface area (Å²) in [7, 11) is 0. The van der Waals surface area contributed by atoms with Crippen LogP contribution in [0.4, 0.5) is 0 Å². The Morgan fingerprint density at radius 2 is 1.92 bits per heavy atom. The van der Waals surface area contributed by atoms with E-state index < -0.39 is 5.97 Å². The van der Waals surface area contributed by atoms with Crippen LogP contribution in [0.1, 0.15) is 20.3 Å². The van der Waals surface area contributed by atoms with E-state index in [1.54, 1.807) is 11.8 Å². The van der Waals surface area contributed by atoms with Crippen molar-refractivity contribution in [2.75, 3.05) is 13.1 Å². The van der Waals surface area contributed by atoms with E-state index in [0.717, 1.165) is 17.1 Å². The van der Waals surface area contributed by atoms with Crippen LogP contribution in [0, 0.1) is 0 Å². The molecule has 0 heterocycles. The molecule has 0 bridgehead atoms. The Hall–Kier alpha value is -1.69. The van der Waals surface area contributed by atoms with Gasteiger partial charge in [-0.25, -0.2) is 0 Å². The number of hydrogen-bond acceptors (Lipinski definition) is 4. The number of benzene rings is 2. The van der Waals surface area contributed by atoms with E-state index >= 15 is 0 Å². The van der Waals surface area contributed by atoms with Crippen molar-refractivity contribution in [2.24, 2.45) is 0 Å². The average Bonchev–Trinajstić information content (AvgIpc) is 2.62. The molecule has 2 aromatic carbocycles. The summed E-state index contributed by atoms with van der Waals surface area (Å²) < 4.78 is 6.26. The second kappa shape index (κ2) is 10.5. The SMILES string of the molecule is CC[C@H]([C@H](Oc1ccccc1)Sc1cccc(Cl)c1)N(CC)CC(=O)O. The minimum atomic E-state index is -0.837. The van der Waals surface area contributed by atoms with Crippen molar-refractivity contribution in [3.63, 3.8) is 0 Å². The number of carboxylic acid groups (broad SMARTS) is 1. The average molecular weight is 394 g/mol. The molecule has 0 radical (unpaired) electrons. The Morgan fingerprint density at radius 3 is 2.50 bits per heavy atom. The number of aliphatic carboxylic acids is 1. The number of nitrogens with zero attached hydrogens (tertiary/aromatic N) is 1. The summed E-state index contributed by atoms with van der Waals surface area (Å²) in [5.41, 5.74) is -0.264. The number of carboxylic acids is 1. The Labute approximate surface area is 164 Å². The van der Waals surface area contributed by atoms with Gasteiger partial charge in [0.05, 0.1) is 12.6 Å². The van der Waals surface area contributed by atoms with E-state index in [1.165, 1.54) is 0 Å². The first-order valence-electron chi connectivity index (χ1n) is 8.63. The van der Waals surface area contributed by atoms with Gasteiger partial charge in [-0.1, -0.05) is 61.5 Å². The number of likely N-dealkylation sites (N-methyl/N-ethyl adjacent to an activating group) is 1. The van der Waals surface area contributed by atoms with E-state index in [4.69, 9.17) is 16.3 Å². The second-order valence-electron chi connectivity index (χ2n) is 5.81. The van der Waals surface area contributed by atoms with Gasteiger partial charge in [-0.3, -0.25) is 9.69 Å². The van der Waals surface area contributed by atoms with Crippen LogP contribution in [-0.2, 0) is 4.79 Å². The molecule has 2 aromatic rings. The van der Waals surface area contributed by atoms with Crippen molar-refractivity contribution < 1.29 is 14.6 Å². The van der Waals surface area contributed by atoms with Crippen LogP contribution in [0.5, 0.6) is 5.75 Å². The lowest BCUT2D eigenvalue weighted by Crippen LogP contribution is -2.46. The number of ether oxygens (including phenoxy) is 1. The molecule has 140 valence electrons. The van der Waals surface area contributed by atoms with E-state index in [-0.39, 0.29) is 18.0 Å². The number of para-hydroxylation sites is 1. The molecule has 0 saturated carbocycles. The summed E-state index contributed by atoms with van der Waals surface area (Å²) in [6.45, 7) is 4.64. The molecule has 2 rings (SSSR count). The molecule has 0 fully saturated rings. The number of carbonyl (C=O) groups is 1. The topological polar surface area (TPSA) is 49.8 Å². The molecular weight excluding hydrogens is 370 g/mol. The lowest BCUT2D eigenvalue weighted by atomic mass is 10.2. The van der Waals surface area contributed by atoms with Gasteiger partial charge in [-0.2, -0.15) is 0 Å². The molecule has 0 spiro atoms. The molecular formula is C20H24ClNO3S. The Balaban J connectivity index is 2.28. The molecule has 6 heteroatoms. The smallest absolute Gasteiger partial charge is 0.317 e. The van der Waals surface area contributed by atoms with E-state index in [2.05, 4.69) is 6.92 Å². The molecule has 0 saturated heterocycles. The van der Waals surface area contributed by atoms with E-state index in [9.17, 15) is 9.90 Å². The Morgan fingerprint density at radius 1 is 1.19 bits per heavy atom. The van der Waals surface area contributed by atoms with Gasteiger partial charge in [0, 0.05) is 9.92 Å². The molecule has 2 atom stereocenters. The second-order valence-corrected chi connectivity index (χ2v) is 7.42. The van der Waals surface area contributed by atoms with Gasteiger partial charge in [0.2, 0.25) is 0 Å². The van der Waals surface area contributed by atoms with Crippen molar-refractivity contribution in [3.05, 3.63) is 59.6 Å². The van der Waals surface area contributed by atoms with Crippen LogP contribution >= 0.6 is 23.4 Å². The fourth-order valence-electron chi connectivity index (χ4n) is 2.75. The first-order chi connectivity index (χ1) is 12.5. The highest BCUT2D eigenvalue weighted by Gasteiger charge is 2.29. The fraction of sp³-hybridized carbons (Fsp3) is 0.350. The normalized spacial score (nSPS) is 13.4. The summed E-state index contributed by atoms with van der Waals surface area (Å²) in [5.74, 6) is -0.0756. The van der Waals surface area contributed by atoms with Crippen LogP contribution in [0.25, 0.3) is 0 Å². The first-order valence-corrected chi connectivity index (χ1v) is 9.89. The van der Waals surface area contributed by atoms with Gasteiger partial charge in [0.15, 0.2) is 5.44 Å². The molecule has 26 heavy (non-hydrogen) atoms.